The van der Waals surface area contributed by atoms with Gasteiger partial charge in [-0.25, -0.2) is 0 Å². The highest BCUT2D eigenvalue weighted by atomic mass is 16.3. The second kappa shape index (κ2) is 7.04. The van der Waals surface area contributed by atoms with Crippen LogP contribution in [0, 0.1) is 40.9 Å². The van der Waals surface area contributed by atoms with Crippen LogP contribution < -0.4 is 0 Å². The third-order valence-electron chi connectivity index (χ3n) is 11.4. The molecule has 11 atom stereocenters. The summed E-state index contributed by atoms with van der Waals surface area (Å²) in [5.41, 5.74) is 2.76. The van der Waals surface area contributed by atoms with E-state index in [2.05, 4.69) is 25.7 Å². The molecular weight excluding hydrogens is 386 g/mol. The van der Waals surface area contributed by atoms with Crippen molar-refractivity contribution in [1.29, 1.82) is 0 Å². The quantitative estimate of drug-likeness (QED) is 0.513. The Morgan fingerprint density at radius 2 is 1.71 bits per heavy atom. The van der Waals surface area contributed by atoms with Crippen molar-refractivity contribution >= 4 is 0 Å². The number of allylic oxidation sites excluding steroid dienone is 1. The average molecular weight is 430 g/mol. The first-order chi connectivity index (χ1) is 14.7. The lowest BCUT2D eigenvalue weighted by molar-refractivity contribution is -0.173. The topological polar surface area (TPSA) is 63.9 Å². The summed E-state index contributed by atoms with van der Waals surface area (Å²) in [6.07, 6.45) is 8.87. The van der Waals surface area contributed by atoms with Crippen LogP contribution in [0.2, 0.25) is 0 Å². The van der Waals surface area contributed by atoms with Gasteiger partial charge in [-0.15, -0.1) is 0 Å². The van der Waals surface area contributed by atoms with Gasteiger partial charge in [0.15, 0.2) is 0 Å². The standard InChI is InChI=1S/C27H43NO3/c1-15-4-7-25-27(3,31)21-6-5-17-18(20(21)14-28(25)13-15)11-22-19(17)12-24(30)23-10-16(29)8-9-26(22,23)2/h15-18,20-21,23-25,29-31H,4-14H2,1-3H3. The molecule has 174 valence electrons. The molecule has 0 spiro atoms. The lowest BCUT2D eigenvalue weighted by atomic mass is 9.56. The van der Waals surface area contributed by atoms with Crippen molar-refractivity contribution in [3.63, 3.8) is 0 Å². The Morgan fingerprint density at radius 1 is 0.903 bits per heavy atom. The molecule has 4 nitrogen and oxygen atoms in total. The fourth-order valence-electron chi connectivity index (χ4n) is 9.84. The number of aliphatic hydroxyl groups excluding tert-OH is 2. The van der Waals surface area contributed by atoms with Crippen molar-refractivity contribution in [2.24, 2.45) is 40.9 Å². The van der Waals surface area contributed by atoms with Gasteiger partial charge in [0.05, 0.1) is 17.8 Å². The van der Waals surface area contributed by atoms with Crippen LogP contribution in [-0.2, 0) is 0 Å². The number of fused-ring (bicyclic) bond motifs is 7. The molecule has 6 rings (SSSR count). The van der Waals surface area contributed by atoms with Gasteiger partial charge >= 0.3 is 0 Å². The molecule has 0 bridgehead atoms. The van der Waals surface area contributed by atoms with Crippen LogP contribution >= 0.6 is 0 Å². The predicted octanol–water partition coefficient (Wildman–Crippen LogP) is 3.74. The number of rotatable bonds is 0. The van der Waals surface area contributed by atoms with E-state index in [0.717, 1.165) is 51.0 Å². The zero-order valence-electron chi connectivity index (χ0n) is 19.8. The first-order valence-corrected chi connectivity index (χ1v) is 13.2. The molecule has 2 saturated heterocycles. The molecule has 4 heteroatoms. The maximum absolute atomic E-state index is 11.8. The minimum absolute atomic E-state index is 0.0679. The van der Waals surface area contributed by atoms with Gasteiger partial charge in [-0.2, -0.15) is 0 Å². The summed E-state index contributed by atoms with van der Waals surface area (Å²) >= 11 is 0. The van der Waals surface area contributed by atoms with Gasteiger partial charge in [-0.1, -0.05) is 25.0 Å². The monoisotopic (exact) mass is 429 g/mol. The molecule has 0 radical (unpaired) electrons. The van der Waals surface area contributed by atoms with E-state index in [1.807, 2.05) is 0 Å². The highest BCUT2D eigenvalue weighted by Gasteiger charge is 2.60. The summed E-state index contributed by atoms with van der Waals surface area (Å²) in [5, 5.41) is 33.3. The van der Waals surface area contributed by atoms with Crippen LogP contribution in [-0.4, -0.2) is 57.2 Å². The fraction of sp³-hybridized carbons (Fsp3) is 0.926. The minimum Gasteiger partial charge on any atom is -0.393 e. The summed E-state index contributed by atoms with van der Waals surface area (Å²) in [6, 6.07) is 0.342. The molecule has 11 unspecified atom stereocenters. The van der Waals surface area contributed by atoms with Gasteiger partial charge in [0, 0.05) is 19.1 Å². The smallest absolute Gasteiger partial charge is 0.0805 e. The Labute approximate surface area is 188 Å². The summed E-state index contributed by atoms with van der Waals surface area (Å²) < 4.78 is 0. The molecular formula is C27H43NO3. The number of nitrogens with zero attached hydrogens (tertiary/aromatic N) is 1. The second-order valence-electron chi connectivity index (χ2n) is 12.9. The van der Waals surface area contributed by atoms with Crippen molar-refractivity contribution < 1.29 is 15.3 Å². The van der Waals surface area contributed by atoms with Crippen LogP contribution in [0.3, 0.4) is 0 Å². The molecule has 2 aliphatic heterocycles. The van der Waals surface area contributed by atoms with Gasteiger partial charge in [-0.05, 0) is 106 Å². The SMILES string of the molecule is CC1CCC2N(C1)CC1C3CC4=C(CC(O)C5CC(O)CCC45C)C3CCC1C2(C)O. The molecule has 4 aliphatic carbocycles. The average Bonchev–Trinajstić information content (AvgIpc) is 3.09. The molecule has 2 saturated carbocycles. The van der Waals surface area contributed by atoms with Crippen LogP contribution in [0.15, 0.2) is 11.1 Å². The normalized spacial score (nSPS) is 56.9. The largest absolute Gasteiger partial charge is 0.393 e. The molecule has 0 aromatic carbocycles. The number of hydrogen-bond donors (Lipinski definition) is 3. The molecule has 6 aliphatic rings. The van der Waals surface area contributed by atoms with Gasteiger partial charge in [-0.3, -0.25) is 4.90 Å². The van der Waals surface area contributed by atoms with E-state index < -0.39 is 5.60 Å². The zero-order chi connectivity index (χ0) is 21.7. The zero-order valence-corrected chi connectivity index (χ0v) is 19.8. The minimum atomic E-state index is -0.571. The summed E-state index contributed by atoms with van der Waals surface area (Å²) in [5.74, 6) is 3.21. The van der Waals surface area contributed by atoms with Crippen molar-refractivity contribution in [2.45, 2.75) is 102 Å². The van der Waals surface area contributed by atoms with E-state index in [9.17, 15) is 15.3 Å². The fourth-order valence-corrected chi connectivity index (χ4v) is 9.84. The Hall–Kier alpha value is -0.420. The highest BCUT2D eigenvalue weighted by Crippen LogP contribution is 2.64. The van der Waals surface area contributed by atoms with Crippen LogP contribution in [0.5, 0.6) is 0 Å². The van der Waals surface area contributed by atoms with Crippen molar-refractivity contribution in [3.8, 4) is 0 Å². The summed E-state index contributed by atoms with van der Waals surface area (Å²) in [4.78, 5) is 2.66. The van der Waals surface area contributed by atoms with Gasteiger partial charge in [0.25, 0.3) is 0 Å². The van der Waals surface area contributed by atoms with E-state index in [-0.39, 0.29) is 23.5 Å². The van der Waals surface area contributed by atoms with Crippen molar-refractivity contribution in [1.82, 2.24) is 4.90 Å². The number of aliphatic hydroxyl groups is 3. The molecule has 31 heavy (non-hydrogen) atoms. The van der Waals surface area contributed by atoms with Crippen molar-refractivity contribution in [3.05, 3.63) is 11.1 Å². The van der Waals surface area contributed by atoms with Crippen LogP contribution in [0.25, 0.3) is 0 Å². The van der Waals surface area contributed by atoms with Gasteiger partial charge in [0.1, 0.15) is 0 Å². The van der Waals surface area contributed by atoms with E-state index >= 15 is 0 Å². The molecule has 3 N–H and O–H groups in total. The lowest BCUT2D eigenvalue weighted by Gasteiger charge is -2.59. The Balaban J connectivity index is 1.32. The lowest BCUT2D eigenvalue weighted by Crippen LogP contribution is -2.67. The van der Waals surface area contributed by atoms with Crippen molar-refractivity contribution in [2.75, 3.05) is 13.1 Å². The van der Waals surface area contributed by atoms with Crippen LogP contribution in [0.4, 0.5) is 0 Å². The first-order valence-electron chi connectivity index (χ1n) is 13.2. The van der Waals surface area contributed by atoms with E-state index in [1.165, 1.54) is 25.8 Å². The molecule has 4 fully saturated rings. The predicted molar refractivity (Wildman–Crippen MR) is 121 cm³/mol. The van der Waals surface area contributed by atoms with Gasteiger partial charge in [0.2, 0.25) is 0 Å². The van der Waals surface area contributed by atoms with E-state index in [4.69, 9.17) is 0 Å². The molecule has 0 aromatic rings. The molecule has 0 aromatic heterocycles. The van der Waals surface area contributed by atoms with E-state index in [0.29, 0.717) is 29.7 Å². The maximum atomic E-state index is 11.8. The van der Waals surface area contributed by atoms with E-state index in [1.54, 1.807) is 11.1 Å². The third-order valence-corrected chi connectivity index (χ3v) is 11.4. The van der Waals surface area contributed by atoms with Crippen LogP contribution in [0.1, 0.15) is 78.6 Å². The number of hydrogen-bond acceptors (Lipinski definition) is 4. The Bertz CT molecular complexity index is 776. The summed E-state index contributed by atoms with van der Waals surface area (Å²) in [7, 11) is 0. The molecule has 2 heterocycles. The van der Waals surface area contributed by atoms with Gasteiger partial charge < -0.3 is 15.3 Å². The highest BCUT2D eigenvalue weighted by molar-refractivity contribution is 5.37. The second-order valence-corrected chi connectivity index (χ2v) is 12.9. The summed E-state index contributed by atoms with van der Waals surface area (Å²) in [6.45, 7) is 9.24. The third kappa shape index (κ3) is 2.93. The number of piperidine rings is 2. The first kappa shape index (κ1) is 21.1. The molecule has 0 amide bonds. The Morgan fingerprint density at radius 3 is 2.52 bits per heavy atom. The Kier molecular flexibility index (Phi) is 4.80. The maximum Gasteiger partial charge on any atom is 0.0805 e.